The number of hydrogen-bond acceptors (Lipinski definition) is 11. The number of rotatable bonds is 5. The summed E-state index contributed by atoms with van der Waals surface area (Å²) in [6.45, 7) is 4.10. The zero-order chi connectivity index (χ0) is 35.4. The summed E-state index contributed by atoms with van der Waals surface area (Å²) in [6.07, 6.45) is -0.664. The maximum Gasteiger partial charge on any atom is 0.504 e. The molecule has 2 aromatic rings. The van der Waals surface area contributed by atoms with Gasteiger partial charge < -0.3 is 44.6 Å². The van der Waals surface area contributed by atoms with Crippen molar-refractivity contribution in [2.24, 2.45) is 11.8 Å². The number of ketones is 2. The van der Waals surface area contributed by atoms with Crippen LogP contribution in [0.1, 0.15) is 38.3 Å². The van der Waals surface area contributed by atoms with E-state index in [4.69, 9.17) is 9.31 Å². The summed E-state index contributed by atoms with van der Waals surface area (Å²) < 4.78 is 13.2. The number of hydrogen-bond donors (Lipinski definition) is 6. The Bertz CT molecular complexity index is 1830. The maximum absolute atomic E-state index is 14.4. The van der Waals surface area contributed by atoms with Crippen molar-refractivity contribution in [2.75, 3.05) is 33.9 Å². The minimum atomic E-state index is -2.81. The Hall–Kier alpha value is -4.05. The van der Waals surface area contributed by atoms with Crippen LogP contribution in [-0.4, -0.2) is 117 Å². The van der Waals surface area contributed by atoms with Crippen molar-refractivity contribution in [1.29, 1.82) is 0 Å². The van der Waals surface area contributed by atoms with Crippen LogP contribution in [0.25, 0.3) is 5.76 Å². The molecule has 1 saturated carbocycles. The van der Waals surface area contributed by atoms with E-state index in [1.165, 1.54) is 30.0 Å². The molecule has 1 amide bonds. The first-order valence-corrected chi connectivity index (χ1v) is 16.6. The largest absolute Gasteiger partial charge is 0.508 e. The number of Topliss-reactive ketones (excluding diaryl/α,β-unsaturated/α-hetero) is 2. The highest BCUT2D eigenvalue weighted by atomic mass is 16.7. The van der Waals surface area contributed by atoms with Gasteiger partial charge in [-0.1, -0.05) is 47.9 Å². The van der Waals surface area contributed by atoms with Crippen LogP contribution in [0.4, 0.5) is 0 Å². The fourth-order valence-electron chi connectivity index (χ4n) is 9.60. The number of aromatic hydroxyl groups is 1. The third-order valence-corrected chi connectivity index (χ3v) is 11.6. The lowest BCUT2D eigenvalue weighted by Crippen LogP contribution is -2.72. The van der Waals surface area contributed by atoms with Crippen LogP contribution in [0.5, 0.6) is 5.75 Å². The number of aliphatic hydroxyl groups is 4. The summed E-state index contributed by atoms with van der Waals surface area (Å²) in [4.78, 5) is 44.2. The minimum Gasteiger partial charge on any atom is -0.508 e. The van der Waals surface area contributed by atoms with Gasteiger partial charge in [0.15, 0.2) is 11.4 Å². The van der Waals surface area contributed by atoms with Gasteiger partial charge in [0.1, 0.15) is 29.5 Å². The van der Waals surface area contributed by atoms with Gasteiger partial charge in [-0.05, 0) is 52.9 Å². The molecule has 6 N–H and O–H groups in total. The number of benzene rings is 2. The normalized spacial score (nSPS) is 38.3. The number of quaternary nitrogens is 1. The number of carbonyl (C=O) groups is 3. The molecule has 14 heteroatoms. The SMILES string of the molecule is C[C@@H]1C[N+]2(CNC(=O)C3=C(O)[C@@]4(O)C(=O)C5=C(O)c6c(O)cccc6[C@](C)(O)[C@@H]5C[C@H]4[C@@H](N(C)C)C3=O)C[C@H](C)O[B-]2(c2ccccc2)O1. The highest BCUT2D eigenvalue weighted by Gasteiger charge is 2.67. The smallest absolute Gasteiger partial charge is 0.504 e. The molecule has 9 atom stereocenters. The molecule has 260 valence electrons. The molecule has 13 nitrogen and oxygen atoms in total. The zero-order valence-corrected chi connectivity index (χ0v) is 28.1. The second-order valence-electron chi connectivity index (χ2n) is 14.8. The van der Waals surface area contributed by atoms with Crippen molar-refractivity contribution in [3.63, 3.8) is 0 Å². The Morgan fingerprint density at radius 2 is 1.63 bits per heavy atom. The number of aliphatic hydroxyl groups excluding tert-OH is 2. The van der Waals surface area contributed by atoms with Crippen LogP contribution < -0.4 is 10.8 Å². The quantitative estimate of drug-likeness (QED) is 0.194. The fourth-order valence-corrected chi connectivity index (χ4v) is 9.60. The van der Waals surface area contributed by atoms with Crippen LogP contribution in [0, 0.1) is 11.8 Å². The first-order valence-electron chi connectivity index (χ1n) is 16.6. The Morgan fingerprint density at radius 1 is 1.00 bits per heavy atom. The molecule has 2 aliphatic heterocycles. The van der Waals surface area contributed by atoms with Gasteiger partial charge in [-0.3, -0.25) is 19.3 Å². The van der Waals surface area contributed by atoms with Crippen molar-refractivity contribution in [3.8, 4) is 5.75 Å². The third kappa shape index (κ3) is 4.38. The molecule has 2 saturated heterocycles. The van der Waals surface area contributed by atoms with Crippen LogP contribution in [-0.2, 0) is 29.3 Å². The fraction of sp³-hybridized carbons (Fsp3) is 0.457. The second-order valence-corrected chi connectivity index (χ2v) is 14.8. The molecule has 0 aromatic heterocycles. The summed E-state index contributed by atoms with van der Waals surface area (Å²) >= 11 is 0. The molecule has 0 radical (unpaired) electrons. The summed E-state index contributed by atoms with van der Waals surface area (Å²) in [5, 5.41) is 60.6. The topological polar surface area (TPSA) is 186 Å². The number of nitrogens with one attached hydrogen (secondary N) is 1. The van der Waals surface area contributed by atoms with E-state index < -0.39 is 81.7 Å². The Morgan fingerprint density at radius 3 is 2.24 bits per heavy atom. The van der Waals surface area contributed by atoms with E-state index in [2.05, 4.69) is 5.32 Å². The van der Waals surface area contributed by atoms with Gasteiger partial charge in [-0.2, -0.15) is 0 Å². The van der Waals surface area contributed by atoms with Crippen LogP contribution in [0.3, 0.4) is 0 Å². The van der Waals surface area contributed by atoms with Crippen LogP contribution in [0.15, 0.2) is 65.4 Å². The van der Waals surface area contributed by atoms with Gasteiger partial charge in [-0.25, -0.2) is 0 Å². The number of phenols is 1. The molecule has 2 aromatic carbocycles. The van der Waals surface area contributed by atoms with Gasteiger partial charge in [0, 0.05) is 17.4 Å². The van der Waals surface area contributed by atoms with Crippen molar-refractivity contribution < 1.29 is 53.6 Å². The van der Waals surface area contributed by atoms with Crippen LogP contribution in [0.2, 0.25) is 0 Å². The van der Waals surface area contributed by atoms with E-state index in [-0.39, 0.29) is 40.8 Å². The highest BCUT2D eigenvalue weighted by molar-refractivity contribution is 6.75. The number of phenolic OH excluding ortho intramolecular Hbond substituents is 1. The zero-order valence-electron chi connectivity index (χ0n) is 28.1. The van der Waals surface area contributed by atoms with E-state index in [9.17, 15) is 39.9 Å². The van der Waals surface area contributed by atoms with E-state index in [0.29, 0.717) is 13.1 Å². The predicted octanol–water partition coefficient (Wildman–Crippen LogP) is 0.718. The highest BCUT2D eigenvalue weighted by Crippen LogP contribution is 2.57. The first kappa shape index (κ1) is 33.5. The molecule has 0 spiro atoms. The molecule has 49 heavy (non-hydrogen) atoms. The van der Waals surface area contributed by atoms with Gasteiger partial charge in [0.25, 0.3) is 5.91 Å². The molecule has 7 rings (SSSR count). The molecule has 3 aliphatic carbocycles. The predicted molar refractivity (Wildman–Crippen MR) is 177 cm³/mol. The monoisotopic (exact) mass is 675 g/mol. The van der Waals surface area contributed by atoms with E-state index in [0.717, 1.165) is 5.46 Å². The number of likely N-dealkylation sites (N-methyl/N-ethyl adjacent to an activating group) is 1. The number of carbonyl (C=O) groups excluding carboxylic acids is 3. The molecule has 3 fully saturated rings. The molecule has 2 heterocycles. The van der Waals surface area contributed by atoms with E-state index in [1.54, 1.807) is 14.1 Å². The number of fused-ring (bicyclic) bond motifs is 4. The molecule has 2 unspecified atom stereocenters. The second kappa shape index (κ2) is 11.0. The molecule has 5 aliphatic rings. The average Bonchev–Trinajstić information content (AvgIpc) is 3.46. The van der Waals surface area contributed by atoms with Crippen molar-refractivity contribution in [2.45, 2.75) is 56.6 Å². The Kier molecular flexibility index (Phi) is 7.49. The lowest BCUT2D eigenvalue weighted by Gasteiger charge is -2.53. The summed E-state index contributed by atoms with van der Waals surface area (Å²) in [6, 6.07) is 12.5. The minimum absolute atomic E-state index is 0.0398. The summed E-state index contributed by atoms with van der Waals surface area (Å²) in [5.41, 5.74) is -4.99. The van der Waals surface area contributed by atoms with E-state index in [1.807, 2.05) is 44.2 Å². The maximum atomic E-state index is 14.4. The third-order valence-electron chi connectivity index (χ3n) is 11.6. The van der Waals surface area contributed by atoms with E-state index >= 15 is 0 Å². The van der Waals surface area contributed by atoms with Crippen molar-refractivity contribution >= 4 is 35.4 Å². The van der Waals surface area contributed by atoms with Gasteiger partial charge in [0.2, 0.25) is 5.78 Å². The molecular weight excluding hydrogens is 633 g/mol. The lowest BCUT2D eigenvalue weighted by molar-refractivity contribution is -0.824. The van der Waals surface area contributed by atoms with Gasteiger partial charge in [-0.15, -0.1) is 0 Å². The van der Waals surface area contributed by atoms with Gasteiger partial charge in [0.05, 0.1) is 42.5 Å². The average molecular weight is 676 g/mol. The van der Waals surface area contributed by atoms with Gasteiger partial charge >= 0.3 is 6.69 Å². The number of nitrogens with zero attached hydrogens (tertiary/aromatic N) is 2. The lowest BCUT2D eigenvalue weighted by atomic mass is 9.54. The molecule has 0 bridgehead atoms. The molecular formula is C35H42BN3O10. The Balaban J connectivity index is 1.30. The summed E-state index contributed by atoms with van der Waals surface area (Å²) in [5.74, 6) is -7.55. The van der Waals surface area contributed by atoms with Crippen molar-refractivity contribution in [3.05, 3.63) is 76.6 Å². The van der Waals surface area contributed by atoms with Crippen molar-refractivity contribution in [1.82, 2.24) is 10.2 Å². The summed E-state index contributed by atoms with van der Waals surface area (Å²) in [7, 11) is 3.11. The first-order chi connectivity index (χ1) is 23.0. The standard InChI is InChI=1S/C35H42BN3O10/c1-18-15-39(16-19(2)49-36(39,48-18)20-10-7-6-8-11-20)17-37-33(45)27-30(42)28(38(4)5)23-14-22-26(31(43)35(23,47)32(27)44)29(41)25-21(34(22,3)46)12-9-13-24(25)40/h6-13,18-19,22-23,28,40-41,44,46-47H,14-17H2,1-5H3,(H,37,45)/t18-,19+,22-,23+,28-,34+,35+,36?,39?/m1/s1. The van der Waals surface area contributed by atoms with Crippen LogP contribution >= 0.6 is 0 Å². The Labute approximate surface area is 283 Å². The number of amides is 1.